The number of piperazine rings is 1. The Kier molecular flexibility index (Phi) is 3.34. The van der Waals surface area contributed by atoms with Gasteiger partial charge in [0.25, 0.3) is 0 Å². The predicted molar refractivity (Wildman–Crippen MR) is 52.3 cm³/mol. The fourth-order valence-corrected chi connectivity index (χ4v) is 1.74. The van der Waals surface area contributed by atoms with Crippen LogP contribution in [0.4, 0.5) is 4.79 Å². The number of aliphatic hydroxyl groups is 1. The third-order valence-electron chi connectivity index (χ3n) is 2.80. The van der Waals surface area contributed by atoms with Gasteiger partial charge in [0.2, 0.25) is 0 Å². The minimum atomic E-state index is -0.905. The second kappa shape index (κ2) is 4.14. The fraction of sp³-hybridized carbons (Fsp3) is 0.889. The van der Waals surface area contributed by atoms with E-state index in [-0.39, 0.29) is 12.6 Å². The summed E-state index contributed by atoms with van der Waals surface area (Å²) in [5.41, 5.74) is -0.397. The molecule has 0 spiro atoms. The van der Waals surface area contributed by atoms with Crippen molar-refractivity contribution >= 4 is 6.09 Å². The average Bonchev–Trinajstić information content (AvgIpc) is 2.18. The second-order valence-electron chi connectivity index (χ2n) is 4.34. The zero-order chi connectivity index (χ0) is 10.8. The number of hydrogen-bond donors (Lipinski definition) is 3. The van der Waals surface area contributed by atoms with E-state index in [0.29, 0.717) is 19.6 Å². The number of amides is 1. The molecule has 3 N–H and O–H groups in total. The number of carboxylic acid groups (broad SMARTS) is 1. The highest BCUT2D eigenvalue weighted by Gasteiger charge is 2.37. The molecule has 14 heavy (non-hydrogen) atoms. The topological polar surface area (TPSA) is 72.8 Å². The molecule has 1 heterocycles. The summed E-state index contributed by atoms with van der Waals surface area (Å²) in [5.74, 6) is 0. The molecule has 0 radical (unpaired) electrons. The molecule has 1 atom stereocenters. The molecule has 5 nitrogen and oxygen atoms in total. The van der Waals surface area contributed by atoms with E-state index in [9.17, 15) is 9.90 Å². The van der Waals surface area contributed by atoms with Crippen molar-refractivity contribution in [2.24, 2.45) is 5.41 Å². The van der Waals surface area contributed by atoms with Crippen LogP contribution in [0.15, 0.2) is 0 Å². The van der Waals surface area contributed by atoms with E-state index in [4.69, 9.17) is 5.11 Å². The van der Waals surface area contributed by atoms with Crippen LogP contribution in [-0.2, 0) is 0 Å². The second-order valence-corrected chi connectivity index (χ2v) is 4.34. The summed E-state index contributed by atoms with van der Waals surface area (Å²) in [7, 11) is 0. The molecule has 1 rings (SSSR count). The van der Waals surface area contributed by atoms with Crippen molar-refractivity contribution in [3.63, 3.8) is 0 Å². The summed E-state index contributed by atoms with van der Waals surface area (Å²) in [6, 6.07) is -0.154. The third-order valence-corrected chi connectivity index (χ3v) is 2.80. The summed E-state index contributed by atoms with van der Waals surface area (Å²) in [6.45, 7) is 5.53. The quantitative estimate of drug-likeness (QED) is 0.587. The van der Waals surface area contributed by atoms with E-state index in [1.165, 1.54) is 4.90 Å². The molecular weight excluding hydrogens is 184 g/mol. The van der Waals surface area contributed by atoms with Gasteiger partial charge in [-0.25, -0.2) is 4.79 Å². The summed E-state index contributed by atoms with van der Waals surface area (Å²) < 4.78 is 0. The minimum absolute atomic E-state index is 0.0108. The van der Waals surface area contributed by atoms with Gasteiger partial charge in [0.15, 0.2) is 0 Å². The first-order chi connectivity index (χ1) is 6.49. The van der Waals surface area contributed by atoms with Gasteiger partial charge in [-0.05, 0) is 0 Å². The van der Waals surface area contributed by atoms with E-state index < -0.39 is 11.5 Å². The Labute approximate surface area is 83.7 Å². The Hall–Kier alpha value is -0.810. The molecule has 0 aromatic carbocycles. The van der Waals surface area contributed by atoms with Crippen molar-refractivity contribution < 1.29 is 15.0 Å². The van der Waals surface area contributed by atoms with Crippen molar-refractivity contribution in [2.75, 3.05) is 26.2 Å². The molecule has 1 amide bonds. The summed E-state index contributed by atoms with van der Waals surface area (Å²) >= 11 is 0. The van der Waals surface area contributed by atoms with Crippen LogP contribution in [0.3, 0.4) is 0 Å². The molecule has 0 aliphatic carbocycles. The van der Waals surface area contributed by atoms with Gasteiger partial charge in [-0.1, -0.05) is 13.8 Å². The molecule has 1 unspecified atom stereocenters. The molecule has 82 valence electrons. The summed E-state index contributed by atoms with van der Waals surface area (Å²) in [4.78, 5) is 12.4. The van der Waals surface area contributed by atoms with Crippen LogP contribution in [0.5, 0.6) is 0 Å². The van der Waals surface area contributed by atoms with Crippen LogP contribution in [0.1, 0.15) is 13.8 Å². The Bertz CT molecular complexity index is 218. The summed E-state index contributed by atoms with van der Waals surface area (Å²) in [6.07, 6.45) is -0.905. The number of aliphatic hydroxyl groups excluding tert-OH is 1. The van der Waals surface area contributed by atoms with E-state index in [2.05, 4.69) is 5.32 Å². The minimum Gasteiger partial charge on any atom is -0.465 e. The van der Waals surface area contributed by atoms with Gasteiger partial charge in [-0.15, -0.1) is 0 Å². The smallest absolute Gasteiger partial charge is 0.407 e. The van der Waals surface area contributed by atoms with E-state index in [1.807, 2.05) is 13.8 Å². The first kappa shape index (κ1) is 11.3. The molecule has 1 saturated heterocycles. The fourth-order valence-electron chi connectivity index (χ4n) is 1.74. The number of rotatable bonds is 2. The lowest BCUT2D eigenvalue weighted by Crippen LogP contribution is -2.59. The first-order valence-electron chi connectivity index (χ1n) is 4.80. The number of nitrogens with one attached hydrogen (secondary N) is 1. The van der Waals surface area contributed by atoms with Crippen molar-refractivity contribution in [1.29, 1.82) is 0 Å². The van der Waals surface area contributed by atoms with Crippen molar-refractivity contribution in [3.8, 4) is 0 Å². The number of nitrogens with zero attached hydrogens (tertiary/aromatic N) is 1. The van der Waals surface area contributed by atoms with Crippen LogP contribution < -0.4 is 5.32 Å². The highest BCUT2D eigenvalue weighted by molar-refractivity contribution is 5.65. The van der Waals surface area contributed by atoms with Gasteiger partial charge in [-0.3, -0.25) is 0 Å². The highest BCUT2D eigenvalue weighted by atomic mass is 16.4. The molecule has 0 saturated carbocycles. The van der Waals surface area contributed by atoms with Gasteiger partial charge >= 0.3 is 6.09 Å². The van der Waals surface area contributed by atoms with Gasteiger partial charge in [0.1, 0.15) is 0 Å². The Balaban J connectivity index is 2.77. The average molecular weight is 202 g/mol. The molecular formula is C9H18N2O3. The molecule has 1 fully saturated rings. The first-order valence-corrected chi connectivity index (χ1v) is 4.80. The zero-order valence-corrected chi connectivity index (χ0v) is 8.66. The molecule has 0 aromatic heterocycles. The van der Waals surface area contributed by atoms with Crippen molar-refractivity contribution in [2.45, 2.75) is 19.9 Å². The van der Waals surface area contributed by atoms with E-state index >= 15 is 0 Å². The molecule has 5 heteroatoms. The maximum absolute atomic E-state index is 10.9. The number of hydrogen-bond acceptors (Lipinski definition) is 3. The van der Waals surface area contributed by atoms with Crippen LogP contribution in [0, 0.1) is 5.41 Å². The van der Waals surface area contributed by atoms with Crippen molar-refractivity contribution in [1.82, 2.24) is 10.2 Å². The summed E-state index contributed by atoms with van der Waals surface area (Å²) in [5, 5.41) is 21.3. The molecule has 1 aliphatic heterocycles. The van der Waals surface area contributed by atoms with Gasteiger partial charge < -0.3 is 20.4 Å². The SMILES string of the molecule is CC(C)(CO)C1CNCCN1C(=O)O. The Morgan fingerprint density at radius 3 is 2.79 bits per heavy atom. The van der Waals surface area contributed by atoms with Crippen LogP contribution in [0.25, 0.3) is 0 Å². The lowest BCUT2D eigenvalue weighted by atomic mass is 9.83. The maximum Gasteiger partial charge on any atom is 0.407 e. The predicted octanol–water partition coefficient (Wildman–Crippen LogP) is -0.0433. The van der Waals surface area contributed by atoms with Crippen LogP contribution in [-0.4, -0.2) is 53.5 Å². The zero-order valence-electron chi connectivity index (χ0n) is 8.66. The standard InChI is InChI=1S/C9H18N2O3/c1-9(2,6-12)7-5-10-3-4-11(7)8(13)14/h7,10,12H,3-6H2,1-2H3,(H,13,14). The molecule has 1 aliphatic rings. The van der Waals surface area contributed by atoms with Gasteiger partial charge in [0.05, 0.1) is 12.6 Å². The third kappa shape index (κ3) is 2.16. The molecule has 0 aromatic rings. The monoisotopic (exact) mass is 202 g/mol. The lowest BCUT2D eigenvalue weighted by Gasteiger charge is -2.42. The van der Waals surface area contributed by atoms with Crippen LogP contribution in [0.2, 0.25) is 0 Å². The van der Waals surface area contributed by atoms with Gasteiger partial charge in [0, 0.05) is 25.0 Å². The lowest BCUT2D eigenvalue weighted by molar-refractivity contribution is 0.0281. The Morgan fingerprint density at radius 1 is 1.64 bits per heavy atom. The maximum atomic E-state index is 10.9. The van der Waals surface area contributed by atoms with Gasteiger partial charge in [-0.2, -0.15) is 0 Å². The number of carbonyl (C=O) groups is 1. The van der Waals surface area contributed by atoms with Crippen molar-refractivity contribution in [3.05, 3.63) is 0 Å². The Morgan fingerprint density at radius 2 is 2.29 bits per heavy atom. The van der Waals surface area contributed by atoms with E-state index in [0.717, 1.165) is 0 Å². The highest BCUT2D eigenvalue weighted by Crippen LogP contribution is 2.25. The van der Waals surface area contributed by atoms with Crippen LogP contribution >= 0.6 is 0 Å². The normalized spacial score (nSPS) is 23.6. The van der Waals surface area contributed by atoms with E-state index in [1.54, 1.807) is 0 Å². The largest absolute Gasteiger partial charge is 0.465 e. The molecule has 0 bridgehead atoms.